The van der Waals surface area contributed by atoms with Crippen LogP contribution in [-0.4, -0.2) is 99.0 Å². The lowest BCUT2D eigenvalue weighted by Crippen LogP contribution is -2.58. The number of aromatic hydroxyl groups is 1. The first-order valence-corrected chi connectivity index (χ1v) is 19.9. The maximum absolute atomic E-state index is 14.2. The number of likely N-dealkylation sites (N-methyl/N-ethyl adjacent to an activating group) is 2. The number of carbonyl (C=O) groups excluding carboxylic acids is 4. The van der Waals surface area contributed by atoms with Crippen LogP contribution in [0.5, 0.6) is 5.75 Å². The van der Waals surface area contributed by atoms with Gasteiger partial charge in [-0.15, -0.1) is 11.3 Å². The van der Waals surface area contributed by atoms with Crippen molar-refractivity contribution in [3.05, 3.63) is 39.8 Å². The molecule has 1 aromatic heterocycles. The largest absolute Gasteiger partial charge is 0.506 e. The molecule has 0 saturated carbocycles. The number of phenols is 1. The Morgan fingerprint density at radius 3 is 2.39 bits per heavy atom. The molecule has 54 heavy (non-hydrogen) atoms. The Morgan fingerprint density at radius 2 is 1.80 bits per heavy atom. The second-order valence-electron chi connectivity index (χ2n) is 14.9. The fourth-order valence-electron chi connectivity index (χ4n) is 7.01. The topological polar surface area (TPSA) is 204 Å². The van der Waals surface area contributed by atoms with Gasteiger partial charge in [-0.1, -0.05) is 60.5 Å². The summed E-state index contributed by atoms with van der Waals surface area (Å²) in [5, 5.41) is 27.3. The van der Waals surface area contributed by atoms with Crippen molar-refractivity contribution < 1.29 is 38.9 Å². The first-order valence-electron chi connectivity index (χ1n) is 19.0. The maximum atomic E-state index is 14.2. The lowest BCUT2D eigenvalue weighted by atomic mass is 9.92. The number of amides is 3. The molecule has 0 aliphatic carbocycles. The van der Waals surface area contributed by atoms with Crippen LogP contribution in [0.2, 0.25) is 0 Å². The zero-order valence-corrected chi connectivity index (χ0v) is 33.8. The van der Waals surface area contributed by atoms with E-state index in [1.54, 1.807) is 36.4 Å². The number of nitrogens with zero attached hydrogens (tertiary/aromatic N) is 3. The predicted octanol–water partition coefficient (Wildman–Crippen LogP) is 4.77. The minimum Gasteiger partial charge on any atom is -0.506 e. The van der Waals surface area contributed by atoms with E-state index >= 15 is 0 Å². The van der Waals surface area contributed by atoms with Gasteiger partial charge in [0.25, 0.3) is 5.91 Å². The molecule has 1 aromatic carbocycles. The number of likely N-dealkylation sites (tertiary alicyclic amines) is 1. The number of thiazole rings is 1. The molecule has 0 spiro atoms. The van der Waals surface area contributed by atoms with Crippen molar-refractivity contribution in [2.24, 2.45) is 17.8 Å². The Bertz CT molecular complexity index is 1600. The summed E-state index contributed by atoms with van der Waals surface area (Å²) in [6.07, 6.45) is 3.14. The van der Waals surface area contributed by atoms with Crippen LogP contribution in [0.3, 0.4) is 0 Å². The third kappa shape index (κ3) is 12.1. The predicted molar refractivity (Wildman–Crippen MR) is 208 cm³/mol. The van der Waals surface area contributed by atoms with E-state index in [0.717, 1.165) is 43.7 Å². The van der Waals surface area contributed by atoms with Gasteiger partial charge >= 0.3 is 11.9 Å². The minimum atomic E-state index is -1.01. The van der Waals surface area contributed by atoms with Crippen molar-refractivity contribution >= 4 is 46.7 Å². The van der Waals surface area contributed by atoms with E-state index in [4.69, 9.17) is 10.5 Å². The van der Waals surface area contributed by atoms with E-state index in [0.29, 0.717) is 17.0 Å². The summed E-state index contributed by atoms with van der Waals surface area (Å²) in [5.41, 5.74) is 6.80. The molecule has 1 aliphatic heterocycles. The van der Waals surface area contributed by atoms with E-state index in [1.807, 2.05) is 34.6 Å². The Hall–Kier alpha value is -4.24. The van der Waals surface area contributed by atoms with Crippen LogP contribution in [-0.2, 0) is 30.3 Å². The average Bonchev–Trinajstić information content (AvgIpc) is 3.63. The number of carbonyl (C=O) groups is 5. The summed E-state index contributed by atoms with van der Waals surface area (Å²) >= 11 is 1.14. The number of aromatic nitrogens is 1. The molecule has 6 unspecified atom stereocenters. The van der Waals surface area contributed by atoms with Crippen molar-refractivity contribution in [3.8, 4) is 5.75 Å². The first kappa shape index (κ1) is 44.2. The monoisotopic (exact) mass is 772 g/mol. The van der Waals surface area contributed by atoms with Gasteiger partial charge in [-0.25, -0.2) is 4.98 Å². The second kappa shape index (κ2) is 20.4. The SMILES string of the molecule is CCC(C)C(NC(=O)[C@H]1CCCCN1CC)C(=O)N(C)C(CC(OC(C)=O)c1nc(C(=O)NC(Cc2ccc(O)c(N)c2)CC(C)C(=O)O)cs1)C(C)C. The van der Waals surface area contributed by atoms with Crippen LogP contribution < -0.4 is 16.4 Å². The lowest BCUT2D eigenvalue weighted by molar-refractivity contribution is -0.149. The van der Waals surface area contributed by atoms with Gasteiger partial charge in [0.15, 0.2) is 6.10 Å². The molecule has 3 rings (SSSR count). The van der Waals surface area contributed by atoms with Gasteiger partial charge in [0.1, 0.15) is 22.5 Å². The summed E-state index contributed by atoms with van der Waals surface area (Å²) in [5.74, 6) is -3.50. The van der Waals surface area contributed by atoms with Gasteiger partial charge in [0.05, 0.1) is 17.6 Å². The number of nitrogen functional groups attached to an aromatic ring is 1. The molecule has 1 saturated heterocycles. The standard InChI is InChI=1S/C39H60N6O8S/c1-9-23(5)34(43-36(49)30-13-11-12-16-45(30)10-2)38(50)44(8)31(22(3)4)20-33(53-25(7)46)37-42-29(21-54-37)35(48)41-27(17-24(6)39(51)52)18-26-14-15-32(47)28(40)19-26/h14-15,19,21-24,27,30-31,33-34,47H,9-13,16-18,20,40H2,1-8H3,(H,41,48)(H,43,49)(H,51,52)/t23?,24?,27?,30-,31?,33?,34?/m1/s1. The van der Waals surface area contributed by atoms with Crippen molar-refractivity contribution in [1.29, 1.82) is 0 Å². The number of rotatable bonds is 19. The number of nitrogens with two attached hydrogens (primary N) is 1. The Balaban J connectivity index is 1.83. The van der Waals surface area contributed by atoms with Gasteiger partial charge in [-0.2, -0.15) is 0 Å². The molecule has 7 atom stereocenters. The van der Waals surface area contributed by atoms with E-state index in [2.05, 4.69) is 20.5 Å². The summed E-state index contributed by atoms with van der Waals surface area (Å²) in [7, 11) is 1.71. The number of carboxylic acid groups (broad SMARTS) is 1. The van der Waals surface area contributed by atoms with E-state index < -0.39 is 48.0 Å². The number of aliphatic carboxylic acids is 1. The quantitative estimate of drug-likeness (QED) is 0.0748. The fraction of sp³-hybridized carbons (Fsp3) is 0.641. The lowest BCUT2D eigenvalue weighted by Gasteiger charge is -2.38. The molecule has 0 bridgehead atoms. The van der Waals surface area contributed by atoms with Crippen molar-refractivity contribution in [2.45, 2.75) is 124 Å². The minimum absolute atomic E-state index is 0.0688. The average molecular weight is 773 g/mol. The van der Waals surface area contributed by atoms with Crippen molar-refractivity contribution in [3.63, 3.8) is 0 Å². The van der Waals surface area contributed by atoms with E-state index in [9.17, 15) is 34.2 Å². The second-order valence-corrected chi connectivity index (χ2v) is 15.8. The molecule has 3 amide bonds. The third-order valence-electron chi connectivity index (χ3n) is 10.5. The summed E-state index contributed by atoms with van der Waals surface area (Å²) < 4.78 is 5.76. The number of ether oxygens (including phenoxy) is 1. The van der Waals surface area contributed by atoms with Gasteiger partial charge in [-0.05, 0) is 68.3 Å². The highest BCUT2D eigenvalue weighted by molar-refractivity contribution is 7.09. The molecule has 6 N–H and O–H groups in total. The molecule has 1 aliphatic rings. The van der Waals surface area contributed by atoms with Gasteiger partial charge in [0, 0.05) is 37.9 Å². The van der Waals surface area contributed by atoms with Crippen molar-refractivity contribution in [2.75, 3.05) is 25.9 Å². The zero-order chi connectivity index (χ0) is 40.3. The molecule has 2 aromatic rings. The highest BCUT2D eigenvalue weighted by atomic mass is 32.1. The summed E-state index contributed by atoms with van der Waals surface area (Å²) in [4.78, 5) is 73.8. The highest BCUT2D eigenvalue weighted by Crippen LogP contribution is 2.31. The number of phenolic OH excluding ortho intramolecular Hbond substituents is 1. The fourth-order valence-corrected chi connectivity index (χ4v) is 7.85. The van der Waals surface area contributed by atoms with Crippen LogP contribution in [0.1, 0.15) is 114 Å². The number of hydrogen-bond acceptors (Lipinski definition) is 11. The maximum Gasteiger partial charge on any atom is 0.306 e. The number of benzene rings is 1. The molecular formula is C39H60N6O8S. The van der Waals surface area contributed by atoms with Crippen LogP contribution >= 0.6 is 11.3 Å². The van der Waals surface area contributed by atoms with Crippen molar-refractivity contribution in [1.82, 2.24) is 25.4 Å². The molecule has 15 heteroatoms. The highest BCUT2D eigenvalue weighted by Gasteiger charge is 2.37. The number of anilines is 1. The molecule has 0 radical (unpaired) electrons. The summed E-state index contributed by atoms with van der Waals surface area (Å²) in [6, 6.07) is 2.63. The number of esters is 1. The zero-order valence-electron chi connectivity index (χ0n) is 33.0. The molecular weight excluding hydrogens is 713 g/mol. The number of carboxylic acids is 1. The summed E-state index contributed by atoms with van der Waals surface area (Å²) in [6.45, 7) is 14.4. The Kier molecular flexibility index (Phi) is 16.7. The van der Waals surface area contributed by atoms with Gasteiger partial charge < -0.3 is 36.2 Å². The van der Waals surface area contributed by atoms with Crippen LogP contribution in [0.4, 0.5) is 5.69 Å². The van der Waals surface area contributed by atoms with E-state index in [1.165, 1.54) is 13.0 Å². The van der Waals surface area contributed by atoms with E-state index in [-0.39, 0.29) is 66.1 Å². The number of piperidine rings is 1. The number of hydrogen-bond donors (Lipinski definition) is 5. The van der Waals surface area contributed by atoms with Gasteiger partial charge in [-0.3, -0.25) is 28.9 Å². The number of nitrogens with one attached hydrogen (secondary N) is 2. The van der Waals surface area contributed by atoms with Crippen LogP contribution in [0, 0.1) is 17.8 Å². The van der Waals surface area contributed by atoms with Crippen LogP contribution in [0.15, 0.2) is 23.6 Å². The Labute approximate surface area is 323 Å². The smallest absolute Gasteiger partial charge is 0.306 e. The third-order valence-corrected chi connectivity index (χ3v) is 11.4. The normalized spacial score (nSPS) is 18.1. The Morgan fingerprint density at radius 1 is 1.09 bits per heavy atom. The first-order chi connectivity index (χ1) is 25.5. The molecule has 2 heterocycles. The molecule has 14 nitrogen and oxygen atoms in total. The van der Waals surface area contributed by atoms with Gasteiger partial charge in [0.2, 0.25) is 11.8 Å². The molecule has 1 fully saturated rings. The molecule has 300 valence electrons. The van der Waals surface area contributed by atoms with Crippen LogP contribution in [0.25, 0.3) is 0 Å².